The zero-order chi connectivity index (χ0) is 9.42. The summed E-state index contributed by atoms with van der Waals surface area (Å²) >= 11 is 0. The molecule has 68 valence electrons. The number of rotatable bonds is 1. The van der Waals surface area contributed by atoms with Crippen molar-refractivity contribution in [1.29, 1.82) is 0 Å². The summed E-state index contributed by atoms with van der Waals surface area (Å²) in [6, 6.07) is 0. The summed E-state index contributed by atoms with van der Waals surface area (Å²) in [6.07, 6.45) is 3.87. The highest BCUT2D eigenvalue weighted by molar-refractivity contribution is 5.63. The smallest absolute Gasteiger partial charge is 0.298 e. The Morgan fingerprint density at radius 3 is 3.00 bits per heavy atom. The van der Waals surface area contributed by atoms with Crippen LogP contribution in [-0.4, -0.2) is 9.91 Å². The van der Waals surface area contributed by atoms with Crippen LogP contribution in [0.4, 0.5) is 11.4 Å². The van der Waals surface area contributed by atoms with Crippen LogP contribution in [0.15, 0.2) is 6.20 Å². The Labute approximate surface area is 74.7 Å². The molecule has 0 bridgehead atoms. The summed E-state index contributed by atoms with van der Waals surface area (Å²) in [6.45, 7) is 0. The Morgan fingerprint density at radius 1 is 1.54 bits per heavy atom. The largest absolute Gasteiger partial charge is 0.392 e. The van der Waals surface area contributed by atoms with E-state index in [-0.39, 0.29) is 11.4 Å². The molecule has 0 atom stereocenters. The second kappa shape index (κ2) is 2.69. The third-order valence-corrected chi connectivity index (χ3v) is 2.29. The van der Waals surface area contributed by atoms with Crippen LogP contribution in [0.5, 0.6) is 0 Å². The van der Waals surface area contributed by atoms with Gasteiger partial charge in [0.2, 0.25) is 0 Å². The number of pyridine rings is 1. The minimum atomic E-state index is -0.416. The molecule has 1 aromatic rings. The van der Waals surface area contributed by atoms with Crippen molar-refractivity contribution < 1.29 is 4.92 Å². The molecule has 0 radical (unpaired) electrons. The Morgan fingerprint density at radius 2 is 2.31 bits per heavy atom. The third kappa shape index (κ3) is 1.12. The Bertz CT molecular complexity index is 376. The predicted octanol–water partition coefficient (Wildman–Crippen LogP) is 1.06. The van der Waals surface area contributed by atoms with Crippen molar-refractivity contribution in [3.8, 4) is 0 Å². The van der Waals surface area contributed by atoms with Crippen LogP contribution in [-0.2, 0) is 12.8 Å². The maximum absolute atomic E-state index is 10.7. The van der Waals surface area contributed by atoms with Crippen molar-refractivity contribution in [2.45, 2.75) is 19.3 Å². The molecule has 5 heteroatoms. The van der Waals surface area contributed by atoms with Gasteiger partial charge in [-0.15, -0.1) is 0 Å². The summed E-state index contributed by atoms with van der Waals surface area (Å²) in [5.41, 5.74) is 7.28. The predicted molar refractivity (Wildman–Crippen MR) is 47.3 cm³/mol. The number of fused-ring (bicyclic) bond motifs is 1. The molecule has 0 amide bonds. The number of anilines is 1. The van der Waals surface area contributed by atoms with Gasteiger partial charge in [0.05, 0.1) is 22.4 Å². The number of nitrogens with two attached hydrogens (primary N) is 1. The van der Waals surface area contributed by atoms with Crippen molar-refractivity contribution in [3.63, 3.8) is 0 Å². The molecule has 0 unspecified atom stereocenters. The molecule has 1 heterocycles. The van der Waals surface area contributed by atoms with E-state index >= 15 is 0 Å². The highest BCUT2D eigenvalue weighted by Crippen LogP contribution is 2.32. The second-order valence-electron chi connectivity index (χ2n) is 3.10. The first-order valence-corrected chi connectivity index (χ1v) is 4.11. The van der Waals surface area contributed by atoms with Crippen LogP contribution >= 0.6 is 0 Å². The number of aryl methyl sites for hydroxylation is 1. The summed E-state index contributed by atoms with van der Waals surface area (Å²) in [5, 5.41) is 10.7. The highest BCUT2D eigenvalue weighted by Gasteiger charge is 2.25. The van der Waals surface area contributed by atoms with Crippen LogP contribution in [0.3, 0.4) is 0 Å². The van der Waals surface area contributed by atoms with E-state index in [2.05, 4.69) is 4.98 Å². The molecule has 0 fully saturated rings. The lowest BCUT2D eigenvalue weighted by Gasteiger charge is -2.01. The van der Waals surface area contributed by atoms with E-state index in [9.17, 15) is 10.1 Å². The van der Waals surface area contributed by atoms with Crippen LogP contribution < -0.4 is 5.73 Å². The number of nitro groups is 1. The zero-order valence-electron chi connectivity index (χ0n) is 6.99. The number of aromatic nitrogens is 1. The first-order chi connectivity index (χ1) is 6.20. The van der Waals surface area contributed by atoms with E-state index in [1.165, 1.54) is 6.20 Å². The van der Waals surface area contributed by atoms with Gasteiger partial charge in [-0.1, -0.05) is 0 Å². The summed E-state index contributed by atoms with van der Waals surface area (Å²) in [5.74, 6) is 0. The standard InChI is InChI=1S/C8H9N3O2/c9-6-4-10-7-3-1-2-5(7)8(6)11(12)13/h4H,1-3,9H2. The fourth-order valence-electron chi connectivity index (χ4n) is 1.72. The van der Waals surface area contributed by atoms with Crippen molar-refractivity contribution in [1.82, 2.24) is 4.98 Å². The third-order valence-electron chi connectivity index (χ3n) is 2.29. The van der Waals surface area contributed by atoms with Gasteiger partial charge in [-0.25, -0.2) is 0 Å². The van der Waals surface area contributed by atoms with Crippen molar-refractivity contribution >= 4 is 11.4 Å². The number of nitrogens with zero attached hydrogens (tertiary/aromatic N) is 2. The summed E-state index contributed by atoms with van der Waals surface area (Å²) in [7, 11) is 0. The number of nitrogen functional groups attached to an aromatic ring is 1. The van der Waals surface area contributed by atoms with Gasteiger partial charge in [0, 0.05) is 0 Å². The van der Waals surface area contributed by atoms with Gasteiger partial charge in [0.1, 0.15) is 5.69 Å². The summed E-state index contributed by atoms with van der Waals surface area (Å²) < 4.78 is 0. The van der Waals surface area contributed by atoms with Crippen molar-refractivity contribution in [2.75, 3.05) is 5.73 Å². The van der Waals surface area contributed by atoms with Crippen LogP contribution in [0.2, 0.25) is 0 Å². The van der Waals surface area contributed by atoms with E-state index in [4.69, 9.17) is 5.73 Å². The minimum Gasteiger partial charge on any atom is -0.392 e. The van der Waals surface area contributed by atoms with Gasteiger partial charge >= 0.3 is 0 Å². The molecule has 0 spiro atoms. The maximum Gasteiger partial charge on any atom is 0.298 e. The topological polar surface area (TPSA) is 82.0 Å². The lowest BCUT2D eigenvalue weighted by Crippen LogP contribution is -2.02. The molecule has 1 aliphatic carbocycles. The SMILES string of the molecule is Nc1cnc2c(c1[N+](=O)[O-])CCC2. The minimum absolute atomic E-state index is 0.0579. The summed E-state index contributed by atoms with van der Waals surface area (Å²) in [4.78, 5) is 14.3. The molecule has 0 saturated heterocycles. The van der Waals surface area contributed by atoms with Gasteiger partial charge in [-0.2, -0.15) is 0 Å². The Hall–Kier alpha value is -1.65. The van der Waals surface area contributed by atoms with Gasteiger partial charge in [0.25, 0.3) is 5.69 Å². The molecule has 1 aliphatic rings. The van der Waals surface area contributed by atoms with Gasteiger partial charge in [-0.05, 0) is 19.3 Å². The highest BCUT2D eigenvalue weighted by atomic mass is 16.6. The van der Waals surface area contributed by atoms with Crippen molar-refractivity contribution in [2.24, 2.45) is 0 Å². The molecule has 0 saturated carbocycles. The maximum atomic E-state index is 10.7. The number of hydrogen-bond donors (Lipinski definition) is 1. The molecule has 0 aromatic carbocycles. The van der Waals surface area contributed by atoms with E-state index in [0.717, 1.165) is 30.5 Å². The van der Waals surface area contributed by atoms with Crippen LogP contribution in [0.25, 0.3) is 0 Å². The first kappa shape index (κ1) is 7.97. The van der Waals surface area contributed by atoms with Crippen LogP contribution in [0.1, 0.15) is 17.7 Å². The van der Waals surface area contributed by atoms with Gasteiger partial charge in [0.15, 0.2) is 0 Å². The monoisotopic (exact) mass is 179 g/mol. The molecule has 13 heavy (non-hydrogen) atoms. The average molecular weight is 179 g/mol. The second-order valence-corrected chi connectivity index (χ2v) is 3.10. The quantitative estimate of drug-likeness (QED) is 0.516. The molecule has 1 aromatic heterocycles. The Kier molecular flexibility index (Phi) is 1.65. The lowest BCUT2D eigenvalue weighted by atomic mass is 10.1. The number of hydrogen-bond acceptors (Lipinski definition) is 4. The van der Waals surface area contributed by atoms with Crippen molar-refractivity contribution in [3.05, 3.63) is 27.6 Å². The normalized spacial score (nSPS) is 14.2. The average Bonchev–Trinajstić information content (AvgIpc) is 2.50. The molecular formula is C8H9N3O2. The fourth-order valence-corrected chi connectivity index (χ4v) is 1.72. The van der Waals surface area contributed by atoms with Crippen LogP contribution in [0, 0.1) is 10.1 Å². The van der Waals surface area contributed by atoms with E-state index in [0.29, 0.717) is 0 Å². The fraction of sp³-hybridized carbons (Fsp3) is 0.375. The van der Waals surface area contributed by atoms with Gasteiger partial charge in [-0.3, -0.25) is 15.1 Å². The lowest BCUT2D eigenvalue weighted by molar-refractivity contribution is -0.384. The molecule has 5 nitrogen and oxygen atoms in total. The molecular weight excluding hydrogens is 170 g/mol. The Balaban J connectivity index is 2.65. The van der Waals surface area contributed by atoms with Gasteiger partial charge < -0.3 is 5.73 Å². The van der Waals surface area contributed by atoms with E-state index in [1.54, 1.807) is 0 Å². The molecule has 2 rings (SSSR count). The van der Waals surface area contributed by atoms with E-state index in [1.807, 2.05) is 0 Å². The molecule has 2 N–H and O–H groups in total. The first-order valence-electron chi connectivity index (χ1n) is 4.11. The molecule has 0 aliphatic heterocycles. The van der Waals surface area contributed by atoms with E-state index < -0.39 is 4.92 Å². The zero-order valence-corrected chi connectivity index (χ0v) is 6.99.